The van der Waals surface area contributed by atoms with E-state index in [4.69, 9.17) is 4.74 Å². The van der Waals surface area contributed by atoms with Crippen molar-refractivity contribution >= 4 is 27.5 Å². The van der Waals surface area contributed by atoms with Crippen LogP contribution in [-0.2, 0) is 26.0 Å². The summed E-state index contributed by atoms with van der Waals surface area (Å²) in [4.78, 5) is 27.7. The van der Waals surface area contributed by atoms with Gasteiger partial charge in [-0.05, 0) is 70.4 Å². The lowest BCUT2D eigenvalue weighted by molar-refractivity contribution is -0.140. The SMILES string of the molecule is COc1ccc(N(CCCC(=O)N(CCc2ccccc2)[C@H](C)C(=O)NC(C)(C)C)S(C)(=O)=O)cc1. The fraction of sp³-hybridized carbons (Fsp3) is 0.481. The molecule has 2 aromatic carbocycles. The Bertz CT molecular complexity index is 1100. The molecule has 2 amide bonds. The van der Waals surface area contributed by atoms with E-state index in [2.05, 4.69) is 5.32 Å². The van der Waals surface area contributed by atoms with Crippen LogP contribution in [0.3, 0.4) is 0 Å². The van der Waals surface area contributed by atoms with Crippen LogP contribution in [0.5, 0.6) is 5.75 Å². The molecule has 2 aromatic rings. The van der Waals surface area contributed by atoms with Crippen molar-refractivity contribution in [2.24, 2.45) is 0 Å². The largest absolute Gasteiger partial charge is 0.497 e. The number of nitrogens with one attached hydrogen (secondary N) is 1. The van der Waals surface area contributed by atoms with Gasteiger partial charge in [-0.15, -0.1) is 0 Å². The number of methoxy groups -OCH3 is 1. The lowest BCUT2D eigenvalue weighted by Crippen LogP contribution is -2.53. The summed E-state index contributed by atoms with van der Waals surface area (Å²) < 4.78 is 31.3. The summed E-state index contributed by atoms with van der Waals surface area (Å²) in [6.45, 7) is 7.94. The van der Waals surface area contributed by atoms with Crippen LogP contribution in [0.2, 0.25) is 0 Å². The fourth-order valence-corrected chi connectivity index (χ4v) is 4.76. The molecule has 2 rings (SSSR count). The van der Waals surface area contributed by atoms with E-state index in [-0.39, 0.29) is 24.8 Å². The van der Waals surface area contributed by atoms with Crippen molar-refractivity contribution in [1.82, 2.24) is 10.2 Å². The number of nitrogens with zero attached hydrogens (tertiary/aromatic N) is 2. The third-order valence-electron chi connectivity index (χ3n) is 5.66. The molecule has 0 saturated carbocycles. The van der Waals surface area contributed by atoms with Gasteiger partial charge >= 0.3 is 0 Å². The third kappa shape index (κ3) is 9.18. The van der Waals surface area contributed by atoms with Gasteiger partial charge in [-0.2, -0.15) is 0 Å². The lowest BCUT2D eigenvalue weighted by atomic mass is 10.1. The van der Waals surface area contributed by atoms with Crippen molar-refractivity contribution in [3.05, 3.63) is 60.2 Å². The molecule has 198 valence electrons. The average Bonchev–Trinajstić information content (AvgIpc) is 2.80. The molecule has 8 nitrogen and oxygen atoms in total. The average molecular weight is 518 g/mol. The summed E-state index contributed by atoms with van der Waals surface area (Å²) in [5.41, 5.74) is 1.15. The molecule has 0 fully saturated rings. The molecule has 9 heteroatoms. The highest BCUT2D eigenvalue weighted by Gasteiger charge is 2.28. The van der Waals surface area contributed by atoms with Crippen LogP contribution in [0.15, 0.2) is 54.6 Å². The van der Waals surface area contributed by atoms with Gasteiger partial charge in [0.05, 0.1) is 19.1 Å². The molecule has 0 heterocycles. The van der Waals surface area contributed by atoms with E-state index in [1.807, 2.05) is 51.1 Å². The van der Waals surface area contributed by atoms with Gasteiger partial charge in [-0.1, -0.05) is 30.3 Å². The number of anilines is 1. The van der Waals surface area contributed by atoms with Crippen molar-refractivity contribution in [2.45, 2.75) is 58.5 Å². The van der Waals surface area contributed by atoms with Crippen LogP contribution in [0.4, 0.5) is 5.69 Å². The minimum atomic E-state index is -3.55. The first-order chi connectivity index (χ1) is 16.8. The van der Waals surface area contributed by atoms with Crippen LogP contribution < -0.4 is 14.4 Å². The summed E-state index contributed by atoms with van der Waals surface area (Å²) in [5.74, 6) is 0.213. The molecule has 0 aliphatic heterocycles. The highest BCUT2D eigenvalue weighted by atomic mass is 32.2. The highest BCUT2D eigenvalue weighted by Crippen LogP contribution is 2.22. The fourth-order valence-electron chi connectivity index (χ4n) is 3.80. The smallest absolute Gasteiger partial charge is 0.242 e. The normalized spacial score (nSPS) is 12.5. The van der Waals surface area contributed by atoms with E-state index >= 15 is 0 Å². The molecule has 0 radical (unpaired) electrons. The molecular weight excluding hydrogens is 478 g/mol. The Morgan fingerprint density at radius 1 is 1.00 bits per heavy atom. The van der Waals surface area contributed by atoms with Crippen LogP contribution in [0, 0.1) is 0 Å². The number of benzene rings is 2. The van der Waals surface area contributed by atoms with E-state index < -0.39 is 21.6 Å². The van der Waals surface area contributed by atoms with Gasteiger partial charge < -0.3 is 15.0 Å². The summed E-state index contributed by atoms with van der Waals surface area (Å²) in [6.07, 6.45) is 2.18. The summed E-state index contributed by atoms with van der Waals surface area (Å²) in [6, 6.07) is 15.9. The molecule has 0 saturated heterocycles. The first-order valence-electron chi connectivity index (χ1n) is 12.1. The molecule has 0 spiro atoms. The number of hydrogen-bond donors (Lipinski definition) is 1. The molecule has 1 atom stereocenters. The summed E-state index contributed by atoms with van der Waals surface area (Å²) in [5, 5.41) is 2.95. The van der Waals surface area contributed by atoms with E-state index in [1.54, 1.807) is 43.2 Å². The van der Waals surface area contributed by atoms with E-state index in [9.17, 15) is 18.0 Å². The summed E-state index contributed by atoms with van der Waals surface area (Å²) in [7, 11) is -2.01. The zero-order valence-corrected chi connectivity index (χ0v) is 23.0. The van der Waals surface area contributed by atoms with E-state index in [1.165, 1.54) is 4.31 Å². The maximum absolute atomic E-state index is 13.3. The highest BCUT2D eigenvalue weighted by molar-refractivity contribution is 7.92. The van der Waals surface area contributed by atoms with Crippen molar-refractivity contribution in [1.29, 1.82) is 0 Å². The number of hydrogen-bond acceptors (Lipinski definition) is 5. The first kappa shape index (κ1) is 29.2. The number of carbonyl (C=O) groups is 2. The second-order valence-corrected chi connectivity index (χ2v) is 11.8. The quantitative estimate of drug-likeness (QED) is 0.464. The number of ether oxygens (including phenoxy) is 1. The maximum atomic E-state index is 13.3. The Balaban J connectivity index is 2.12. The molecule has 0 aliphatic rings. The lowest BCUT2D eigenvalue weighted by Gasteiger charge is -2.32. The van der Waals surface area contributed by atoms with Crippen LogP contribution in [0.25, 0.3) is 0 Å². The van der Waals surface area contributed by atoms with Gasteiger partial charge in [0.1, 0.15) is 11.8 Å². The van der Waals surface area contributed by atoms with Crippen molar-refractivity contribution in [2.75, 3.05) is 30.8 Å². The molecule has 0 unspecified atom stereocenters. The Morgan fingerprint density at radius 2 is 1.61 bits per heavy atom. The zero-order valence-electron chi connectivity index (χ0n) is 22.2. The predicted octanol–water partition coefficient (Wildman–Crippen LogP) is 3.62. The minimum Gasteiger partial charge on any atom is -0.497 e. The van der Waals surface area contributed by atoms with E-state index in [0.717, 1.165) is 11.8 Å². The molecule has 0 aromatic heterocycles. The van der Waals surface area contributed by atoms with Gasteiger partial charge in [-0.3, -0.25) is 13.9 Å². The number of sulfonamides is 1. The van der Waals surface area contributed by atoms with Crippen molar-refractivity contribution in [3.8, 4) is 5.75 Å². The van der Waals surface area contributed by atoms with E-state index in [0.29, 0.717) is 30.8 Å². The molecule has 1 N–H and O–H groups in total. The second-order valence-electron chi connectivity index (χ2n) is 9.87. The van der Waals surface area contributed by atoms with Gasteiger partial charge in [0.25, 0.3) is 0 Å². The second kappa shape index (κ2) is 12.8. The van der Waals surface area contributed by atoms with Crippen LogP contribution in [0.1, 0.15) is 46.1 Å². The molecule has 0 bridgehead atoms. The Hall–Kier alpha value is -3.07. The number of carbonyl (C=O) groups excluding carboxylic acids is 2. The Kier molecular flexibility index (Phi) is 10.3. The van der Waals surface area contributed by atoms with Gasteiger partial charge in [-0.25, -0.2) is 8.42 Å². The third-order valence-corrected chi connectivity index (χ3v) is 6.86. The molecular formula is C27H39N3O5S. The van der Waals surface area contributed by atoms with Crippen molar-refractivity contribution in [3.63, 3.8) is 0 Å². The zero-order chi connectivity index (χ0) is 26.9. The monoisotopic (exact) mass is 517 g/mol. The predicted molar refractivity (Wildman–Crippen MR) is 144 cm³/mol. The first-order valence-corrected chi connectivity index (χ1v) is 13.9. The van der Waals surface area contributed by atoms with Crippen molar-refractivity contribution < 1.29 is 22.7 Å². The number of rotatable bonds is 12. The van der Waals surface area contributed by atoms with Crippen LogP contribution >= 0.6 is 0 Å². The van der Waals surface area contributed by atoms with Gasteiger partial charge in [0.15, 0.2) is 0 Å². The van der Waals surface area contributed by atoms with Gasteiger partial charge in [0.2, 0.25) is 21.8 Å². The summed E-state index contributed by atoms with van der Waals surface area (Å²) >= 11 is 0. The van der Waals surface area contributed by atoms with Gasteiger partial charge in [0, 0.05) is 25.0 Å². The standard InChI is InChI=1S/C27H39N3O5S/c1-21(26(32)28-27(2,3)4)29(20-18-22-11-8-7-9-12-22)25(31)13-10-19-30(36(6,33)34)23-14-16-24(35-5)17-15-23/h7-9,11-12,14-17,21H,10,13,18-20H2,1-6H3,(H,28,32)/t21-/m1/s1. The Labute approximate surface area is 215 Å². The Morgan fingerprint density at radius 3 is 2.14 bits per heavy atom. The molecule has 36 heavy (non-hydrogen) atoms. The topological polar surface area (TPSA) is 96.0 Å². The minimum absolute atomic E-state index is 0.115. The molecule has 0 aliphatic carbocycles. The maximum Gasteiger partial charge on any atom is 0.242 e. The number of amides is 2. The van der Waals surface area contributed by atoms with Crippen LogP contribution in [-0.4, -0.2) is 63.2 Å².